The molecule has 14 heavy (non-hydrogen) atoms. The van der Waals surface area contributed by atoms with Gasteiger partial charge in [0.25, 0.3) is 0 Å². The Morgan fingerprint density at radius 1 is 1.50 bits per heavy atom. The lowest BCUT2D eigenvalue weighted by molar-refractivity contribution is 0.198. The number of aliphatic hydroxyl groups excluding tert-OH is 1. The Hall–Kier alpha value is -1.06. The summed E-state index contributed by atoms with van der Waals surface area (Å²) in [7, 11) is 0. The number of hydrogen-bond donors (Lipinski definition) is 2. The Bertz CT molecular complexity index is 314. The van der Waals surface area contributed by atoms with E-state index in [2.05, 4.69) is 17.0 Å². The van der Waals surface area contributed by atoms with E-state index in [0.717, 1.165) is 25.1 Å². The lowest BCUT2D eigenvalue weighted by atomic mass is 10.2. The van der Waals surface area contributed by atoms with E-state index in [1.54, 1.807) is 0 Å². The average Bonchev–Trinajstić information content (AvgIpc) is 2.65. The van der Waals surface area contributed by atoms with Crippen molar-refractivity contribution < 1.29 is 5.11 Å². The molecule has 0 bridgehead atoms. The summed E-state index contributed by atoms with van der Waals surface area (Å²) >= 11 is 0. The van der Waals surface area contributed by atoms with E-state index in [1.165, 1.54) is 5.69 Å². The molecule has 76 valence electrons. The number of nitrogens with two attached hydrogens (primary N) is 1. The molecular formula is C11H16N2O. The van der Waals surface area contributed by atoms with Crippen molar-refractivity contribution in [1.29, 1.82) is 0 Å². The molecule has 0 amide bonds. The standard InChI is InChI=1S/C11H16N2O/c12-7-9-2-1-3-10(6-9)13-5-4-11(14)8-13/h1-3,6,11,14H,4-5,7-8,12H2. The molecule has 0 aromatic heterocycles. The fraction of sp³-hybridized carbons (Fsp3) is 0.455. The average molecular weight is 192 g/mol. The first-order valence-electron chi connectivity index (χ1n) is 5.01. The van der Waals surface area contributed by atoms with Gasteiger partial charge in [0.2, 0.25) is 0 Å². The molecule has 0 saturated carbocycles. The van der Waals surface area contributed by atoms with Gasteiger partial charge >= 0.3 is 0 Å². The van der Waals surface area contributed by atoms with E-state index in [0.29, 0.717) is 6.54 Å². The summed E-state index contributed by atoms with van der Waals surface area (Å²) in [4.78, 5) is 2.20. The van der Waals surface area contributed by atoms with Crippen molar-refractivity contribution in [1.82, 2.24) is 0 Å². The number of nitrogens with zero attached hydrogens (tertiary/aromatic N) is 1. The van der Waals surface area contributed by atoms with Crippen LogP contribution in [0.15, 0.2) is 24.3 Å². The fourth-order valence-corrected chi connectivity index (χ4v) is 1.86. The van der Waals surface area contributed by atoms with E-state index >= 15 is 0 Å². The Balaban J connectivity index is 2.15. The molecule has 1 fully saturated rings. The number of aliphatic hydroxyl groups is 1. The number of hydrogen-bond acceptors (Lipinski definition) is 3. The minimum absolute atomic E-state index is 0.170. The second-order valence-electron chi connectivity index (χ2n) is 3.76. The first-order valence-corrected chi connectivity index (χ1v) is 5.01. The Morgan fingerprint density at radius 3 is 3.00 bits per heavy atom. The largest absolute Gasteiger partial charge is 0.391 e. The van der Waals surface area contributed by atoms with Crippen LogP contribution in [-0.2, 0) is 6.54 Å². The summed E-state index contributed by atoms with van der Waals surface area (Å²) in [5.74, 6) is 0. The summed E-state index contributed by atoms with van der Waals surface area (Å²) < 4.78 is 0. The van der Waals surface area contributed by atoms with Gasteiger partial charge in [0.1, 0.15) is 0 Å². The lowest BCUT2D eigenvalue weighted by Gasteiger charge is -2.18. The summed E-state index contributed by atoms with van der Waals surface area (Å²) in [6.45, 7) is 2.26. The maximum Gasteiger partial charge on any atom is 0.0731 e. The van der Waals surface area contributed by atoms with Gasteiger partial charge in [-0.15, -0.1) is 0 Å². The van der Waals surface area contributed by atoms with E-state index in [4.69, 9.17) is 5.73 Å². The van der Waals surface area contributed by atoms with Gasteiger partial charge in [0.05, 0.1) is 6.10 Å². The molecule has 3 heteroatoms. The van der Waals surface area contributed by atoms with E-state index < -0.39 is 0 Å². The SMILES string of the molecule is NCc1cccc(N2CCC(O)C2)c1. The predicted octanol–water partition coefficient (Wildman–Crippen LogP) is 0.716. The van der Waals surface area contributed by atoms with E-state index in [1.807, 2.05) is 12.1 Å². The van der Waals surface area contributed by atoms with Crippen LogP contribution in [-0.4, -0.2) is 24.3 Å². The van der Waals surface area contributed by atoms with Gasteiger partial charge in [-0.3, -0.25) is 0 Å². The monoisotopic (exact) mass is 192 g/mol. The molecule has 0 radical (unpaired) electrons. The molecule has 1 heterocycles. The van der Waals surface area contributed by atoms with Crippen LogP contribution in [0.2, 0.25) is 0 Å². The van der Waals surface area contributed by atoms with Crippen molar-refractivity contribution in [3.63, 3.8) is 0 Å². The lowest BCUT2D eigenvalue weighted by Crippen LogP contribution is -2.21. The maximum atomic E-state index is 9.42. The Morgan fingerprint density at radius 2 is 2.36 bits per heavy atom. The van der Waals surface area contributed by atoms with Gasteiger partial charge in [0.15, 0.2) is 0 Å². The zero-order chi connectivity index (χ0) is 9.97. The smallest absolute Gasteiger partial charge is 0.0731 e. The number of β-amino-alcohol motifs (C(OH)–C–C–N with tert-alkyl or cyclic N) is 1. The van der Waals surface area contributed by atoms with Gasteiger partial charge in [-0.25, -0.2) is 0 Å². The second kappa shape index (κ2) is 3.98. The third-order valence-corrected chi connectivity index (χ3v) is 2.67. The first kappa shape index (κ1) is 9.49. The van der Waals surface area contributed by atoms with Crippen molar-refractivity contribution in [3.8, 4) is 0 Å². The zero-order valence-electron chi connectivity index (χ0n) is 8.19. The topological polar surface area (TPSA) is 49.5 Å². The fourth-order valence-electron chi connectivity index (χ4n) is 1.86. The van der Waals surface area contributed by atoms with Gasteiger partial charge in [-0.05, 0) is 24.1 Å². The molecule has 1 aliphatic rings. The van der Waals surface area contributed by atoms with Crippen molar-refractivity contribution >= 4 is 5.69 Å². The van der Waals surface area contributed by atoms with Crippen LogP contribution in [0.3, 0.4) is 0 Å². The van der Waals surface area contributed by atoms with Gasteiger partial charge < -0.3 is 15.7 Å². The molecule has 1 unspecified atom stereocenters. The van der Waals surface area contributed by atoms with Crippen LogP contribution in [0.4, 0.5) is 5.69 Å². The highest BCUT2D eigenvalue weighted by molar-refractivity contribution is 5.49. The highest BCUT2D eigenvalue weighted by Crippen LogP contribution is 2.21. The molecule has 2 rings (SSSR count). The normalized spacial score (nSPS) is 21.6. The quantitative estimate of drug-likeness (QED) is 0.725. The highest BCUT2D eigenvalue weighted by Gasteiger charge is 2.20. The predicted molar refractivity (Wildman–Crippen MR) is 57.2 cm³/mol. The summed E-state index contributed by atoms with van der Waals surface area (Å²) in [6.07, 6.45) is 0.698. The van der Waals surface area contributed by atoms with Crippen LogP contribution in [0.1, 0.15) is 12.0 Å². The van der Waals surface area contributed by atoms with Gasteiger partial charge in [-0.1, -0.05) is 12.1 Å². The Kier molecular flexibility index (Phi) is 2.70. The van der Waals surface area contributed by atoms with Crippen LogP contribution < -0.4 is 10.6 Å². The maximum absolute atomic E-state index is 9.42. The second-order valence-corrected chi connectivity index (χ2v) is 3.76. The molecule has 1 aromatic rings. The van der Waals surface area contributed by atoms with Crippen molar-refractivity contribution in [2.75, 3.05) is 18.0 Å². The van der Waals surface area contributed by atoms with Crippen LogP contribution >= 0.6 is 0 Å². The molecule has 1 aliphatic heterocycles. The summed E-state index contributed by atoms with van der Waals surface area (Å²) in [5, 5.41) is 9.42. The number of anilines is 1. The highest BCUT2D eigenvalue weighted by atomic mass is 16.3. The molecular weight excluding hydrogens is 176 g/mol. The van der Waals surface area contributed by atoms with Crippen LogP contribution in [0, 0.1) is 0 Å². The van der Waals surface area contributed by atoms with Crippen molar-refractivity contribution in [2.45, 2.75) is 19.1 Å². The molecule has 0 aliphatic carbocycles. The van der Waals surface area contributed by atoms with Crippen molar-refractivity contribution in [2.24, 2.45) is 5.73 Å². The molecule has 1 atom stereocenters. The van der Waals surface area contributed by atoms with Crippen molar-refractivity contribution in [3.05, 3.63) is 29.8 Å². The molecule has 1 saturated heterocycles. The zero-order valence-corrected chi connectivity index (χ0v) is 8.19. The molecule has 3 N–H and O–H groups in total. The minimum atomic E-state index is -0.170. The van der Waals surface area contributed by atoms with E-state index in [9.17, 15) is 5.11 Å². The summed E-state index contributed by atoms with van der Waals surface area (Å²) in [6, 6.07) is 8.20. The molecule has 3 nitrogen and oxygen atoms in total. The van der Waals surface area contributed by atoms with Gasteiger partial charge in [0, 0.05) is 25.3 Å². The molecule has 0 spiro atoms. The van der Waals surface area contributed by atoms with Gasteiger partial charge in [-0.2, -0.15) is 0 Å². The van der Waals surface area contributed by atoms with E-state index in [-0.39, 0.29) is 6.10 Å². The number of rotatable bonds is 2. The number of benzene rings is 1. The Labute approximate surface area is 84.1 Å². The molecule has 1 aromatic carbocycles. The third kappa shape index (κ3) is 1.89. The minimum Gasteiger partial charge on any atom is -0.391 e. The summed E-state index contributed by atoms with van der Waals surface area (Å²) in [5.41, 5.74) is 7.89. The first-order chi connectivity index (χ1) is 6.79. The third-order valence-electron chi connectivity index (χ3n) is 2.67. The van der Waals surface area contributed by atoms with Crippen LogP contribution in [0.25, 0.3) is 0 Å². The van der Waals surface area contributed by atoms with Crippen LogP contribution in [0.5, 0.6) is 0 Å².